The second kappa shape index (κ2) is 5.46. The van der Waals surface area contributed by atoms with Crippen LogP contribution in [0.15, 0.2) is 60.7 Å². The summed E-state index contributed by atoms with van der Waals surface area (Å²) in [6.45, 7) is 2.68. The number of hydrogen-bond acceptors (Lipinski definition) is 1. The molecule has 2 rings (SSSR count). The summed E-state index contributed by atoms with van der Waals surface area (Å²) in [5.41, 5.74) is 10.5. The molecule has 0 unspecified atom stereocenters. The van der Waals surface area contributed by atoms with E-state index in [0.29, 0.717) is 6.54 Å². The zero-order chi connectivity index (χ0) is 12.1. The molecule has 0 aliphatic heterocycles. The normalized spacial score (nSPS) is 11.5. The molecule has 0 aromatic heterocycles. The zero-order valence-electron chi connectivity index (χ0n) is 10.1. The average molecular weight is 223 g/mol. The van der Waals surface area contributed by atoms with Gasteiger partial charge in [0.05, 0.1) is 0 Å². The van der Waals surface area contributed by atoms with Crippen LogP contribution in [0.1, 0.15) is 12.5 Å². The van der Waals surface area contributed by atoms with Gasteiger partial charge in [0.2, 0.25) is 0 Å². The van der Waals surface area contributed by atoms with Crippen LogP contribution in [0.3, 0.4) is 0 Å². The molecule has 0 radical (unpaired) electrons. The molecule has 2 N–H and O–H groups in total. The maximum absolute atomic E-state index is 5.51. The first kappa shape index (κ1) is 11.6. The highest BCUT2D eigenvalue weighted by Gasteiger charge is 1.98. The molecule has 0 aliphatic carbocycles. The lowest BCUT2D eigenvalue weighted by molar-refractivity contribution is 1.25. The lowest BCUT2D eigenvalue weighted by Gasteiger charge is -2.04. The minimum absolute atomic E-state index is 0.590. The Kier molecular flexibility index (Phi) is 3.73. The van der Waals surface area contributed by atoms with Gasteiger partial charge < -0.3 is 5.73 Å². The number of allylic oxidation sites excluding steroid dienone is 1. The van der Waals surface area contributed by atoms with Crippen LogP contribution >= 0.6 is 0 Å². The Balaban J connectivity index is 2.28. The van der Waals surface area contributed by atoms with E-state index >= 15 is 0 Å². The highest BCUT2D eigenvalue weighted by molar-refractivity contribution is 5.69. The molecular weight excluding hydrogens is 206 g/mol. The summed E-state index contributed by atoms with van der Waals surface area (Å²) in [5.74, 6) is 0. The van der Waals surface area contributed by atoms with Crippen molar-refractivity contribution in [2.24, 2.45) is 5.73 Å². The van der Waals surface area contributed by atoms with E-state index in [4.69, 9.17) is 5.73 Å². The van der Waals surface area contributed by atoms with E-state index in [1.807, 2.05) is 12.1 Å². The van der Waals surface area contributed by atoms with E-state index in [0.717, 1.165) is 0 Å². The lowest BCUT2D eigenvalue weighted by Crippen LogP contribution is -1.94. The molecule has 0 atom stereocenters. The van der Waals surface area contributed by atoms with Gasteiger partial charge in [0.15, 0.2) is 0 Å². The molecular formula is C16H17N. The van der Waals surface area contributed by atoms with E-state index < -0.39 is 0 Å². The Bertz CT molecular complexity index is 495. The number of nitrogens with two attached hydrogens (primary N) is 1. The van der Waals surface area contributed by atoms with Crippen molar-refractivity contribution in [3.8, 4) is 11.1 Å². The van der Waals surface area contributed by atoms with Gasteiger partial charge in [0.1, 0.15) is 0 Å². The van der Waals surface area contributed by atoms with Crippen molar-refractivity contribution >= 4 is 5.57 Å². The molecule has 0 saturated carbocycles. The molecule has 2 aromatic rings. The average Bonchev–Trinajstić information content (AvgIpc) is 2.40. The molecule has 86 valence electrons. The molecule has 0 fully saturated rings. The van der Waals surface area contributed by atoms with Crippen LogP contribution in [0.5, 0.6) is 0 Å². The molecule has 1 nitrogen and oxygen atoms in total. The van der Waals surface area contributed by atoms with E-state index in [9.17, 15) is 0 Å². The van der Waals surface area contributed by atoms with Crippen LogP contribution in [0.25, 0.3) is 16.7 Å². The summed E-state index contributed by atoms with van der Waals surface area (Å²) in [6, 6.07) is 19.0. The third-order valence-corrected chi connectivity index (χ3v) is 2.87. The maximum Gasteiger partial charge on any atom is 0.0112 e. The standard InChI is InChI=1S/C16H17N/c1-13(11-12-17)14-7-9-16(10-8-14)15-5-3-2-4-6-15/h2-11H,12,17H2,1H3. The third kappa shape index (κ3) is 2.83. The molecule has 17 heavy (non-hydrogen) atoms. The Morgan fingerprint density at radius 1 is 0.941 bits per heavy atom. The van der Waals surface area contributed by atoms with Crippen LogP contribution < -0.4 is 5.73 Å². The van der Waals surface area contributed by atoms with Crippen LogP contribution in [-0.2, 0) is 0 Å². The molecule has 0 bridgehead atoms. The summed E-state index contributed by atoms with van der Waals surface area (Å²) in [7, 11) is 0. The maximum atomic E-state index is 5.51. The minimum Gasteiger partial charge on any atom is -0.327 e. The lowest BCUT2D eigenvalue weighted by atomic mass is 10.0. The fourth-order valence-electron chi connectivity index (χ4n) is 1.85. The van der Waals surface area contributed by atoms with E-state index in [1.165, 1.54) is 22.3 Å². The molecule has 0 amide bonds. The van der Waals surface area contributed by atoms with Gasteiger partial charge in [-0.05, 0) is 29.2 Å². The van der Waals surface area contributed by atoms with Crippen molar-refractivity contribution < 1.29 is 0 Å². The van der Waals surface area contributed by atoms with E-state index in [2.05, 4.69) is 55.5 Å². The first-order valence-electron chi connectivity index (χ1n) is 5.84. The van der Waals surface area contributed by atoms with E-state index in [1.54, 1.807) is 0 Å². The molecule has 0 spiro atoms. The largest absolute Gasteiger partial charge is 0.327 e. The Hall–Kier alpha value is -1.86. The highest BCUT2D eigenvalue weighted by atomic mass is 14.5. The van der Waals surface area contributed by atoms with Crippen molar-refractivity contribution in [3.63, 3.8) is 0 Å². The van der Waals surface area contributed by atoms with Gasteiger partial charge in [0.25, 0.3) is 0 Å². The topological polar surface area (TPSA) is 26.0 Å². The first-order valence-corrected chi connectivity index (χ1v) is 5.84. The highest BCUT2D eigenvalue weighted by Crippen LogP contribution is 2.21. The summed E-state index contributed by atoms with van der Waals surface area (Å²) in [4.78, 5) is 0. The summed E-state index contributed by atoms with van der Waals surface area (Å²) in [6.07, 6.45) is 2.04. The number of rotatable bonds is 3. The second-order valence-electron chi connectivity index (χ2n) is 4.07. The van der Waals surface area contributed by atoms with Crippen LogP contribution in [0.4, 0.5) is 0 Å². The van der Waals surface area contributed by atoms with Crippen molar-refractivity contribution in [2.45, 2.75) is 6.92 Å². The predicted octanol–water partition coefficient (Wildman–Crippen LogP) is 3.72. The summed E-state index contributed by atoms with van der Waals surface area (Å²) >= 11 is 0. The van der Waals surface area contributed by atoms with Gasteiger partial charge in [-0.15, -0.1) is 0 Å². The zero-order valence-corrected chi connectivity index (χ0v) is 10.1. The molecule has 0 heterocycles. The van der Waals surface area contributed by atoms with Gasteiger partial charge in [-0.3, -0.25) is 0 Å². The second-order valence-corrected chi connectivity index (χ2v) is 4.07. The SMILES string of the molecule is CC(=CCN)c1ccc(-c2ccccc2)cc1. The summed E-state index contributed by atoms with van der Waals surface area (Å²) < 4.78 is 0. The molecule has 0 aliphatic rings. The molecule has 0 saturated heterocycles. The van der Waals surface area contributed by atoms with Gasteiger partial charge in [0, 0.05) is 6.54 Å². The monoisotopic (exact) mass is 223 g/mol. The van der Waals surface area contributed by atoms with Crippen LogP contribution in [0, 0.1) is 0 Å². The first-order chi connectivity index (χ1) is 8.31. The van der Waals surface area contributed by atoms with Gasteiger partial charge >= 0.3 is 0 Å². The molecule has 1 heteroatoms. The van der Waals surface area contributed by atoms with Gasteiger partial charge in [-0.25, -0.2) is 0 Å². The van der Waals surface area contributed by atoms with E-state index in [-0.39, 0.29) is 0 Å². The molecule has 2 aromatic carbocycles. The fourth-order valence-corrected chi connectivity index (χ4v) is 1.85. The third-order valence-electron chi connectivity index (χ3n) is 2.87. The van der Waals surface area contributed by atoms with Crippen molar-refractivity contribution in [2.75, 3.05) is 6.54 Å². The van der Waals surface area contributed by atoms with Crippen molar-refractivity contribution in [1.29, 1.82) is 0 Å². The quantitative estimate of drug-likeness (QED) is 0.843. The Labute approximate surface area is 103 Å². The Morgan fingerprint density at radius 3 is 2.12 bits per heavy atom. The van der Waals surface area contributed by atoms with Gasteiger partial charge in [-0.1, -0.05) is 60.7 Å². The number of benzene rings is 2. The predicted molar refractivity (Wildman–Crippen MR) is 74.6 cm³/mol. The fraction of sp³-hybridized carbons (Fsp3) is 0.125. The van der Waals surface area contributed by atoms with Gasteiger partial charge in [-0.2, -0.15) is 0 Å². The Morgan fingerprint density at radius 2 is 1.53 bits per heavy atom. The van der Waals surface area contributed by atoms with Crippen molar-refractivity contribution in [3.05, 3.63) is 66.2 Å². The summed E-state index contributed by atoms with van der Waals surface area (Å²) in [5, 5.41) is 0. The minimum atomic E-state index is 0.590. The smallest absolute Gasteiger partial charge is 0.0112 e. The number of hydrogen-bond donors (Lipinski definition) is 1. The van der Waals surface area contributed by atoms with Crippen LogP contribution in [-0.4, -0.2) is 6.54 Å². The van der Waals surface area contributed by atoms with Crippen molar-refractivity contribution in [1.82, 2.24) is 0 Å². The van der Waals surface area contributed by atoms with Crippen LogP contribution in [0.2, 0.25) is 0 Å².